The number of hydrogen-bond acceptors (Lipinski definition) is 4. The van der Waals surface area contributed by atoms with Gasteiger partial charge in [-0.1, -0.05) is 11.6 Å². The molecule has 1 rings (SSSR count). The molecule has 1 aromatic carbocycles. The number of hydrogen-bond donors (Lipinski definition) is 1. The Morgan fingerprint density at radius 2 is 1.81 bits per heavy atom. The van der Waals surface area contributed by atoms with Gasteiger partial charge in [0.1, 0.15) is 12.4 Å². The molecule has 0 bridgehead atoms. The van der Waals surface area contributed by atoms with Gasteiger partial charge in [-0.05, 0) is 24.3 Å². The molecule has 0 aromatic heterocycles. The first-order valence-corrected chi connectivity index (χ1v) is 6.93. The Balaban J connectivity index is 2.39. The van der Waals surface area contributed by atoms with Crippen molar-refractivity contribution in [3.63, 3.8) is 0 Å². The van der Waals surface area contributed by atoms with Gasteiger partial charge in [0.2, 0.25) is 0 Å². The molecule has 4 nitrogen and oxygen atoms in total. The van der Waals surface area contributed by atoms with Crippen molar-refractivity contribution in [3.8, 4) is 5.75 Å². The van der Waals surface area contributed by atoms with Crippen molar-refractivity contribution in [1.82, 2.24) is 0 Å². The standard InChI is InChI=1S/C10H13ClO4S/c11-9-1-3-10(4-2-9)15-6-8-16(13,14)7-5-12/h1-4,12H,5-8H2. The summed E-state index contributed by atoms with van der Waals surface area (Å²) in [5.74, 6) is 0.247. The third-order valence-electron chi connectivity index (χ3n) is 1.88. The lowest BCUT2D eigenvalue weighted by Crippen LogP contribution is -2.18. The van der Waals surface area contributed by atoms with Gasteiger partial charge in [0.15, 0.2) is 9.84 Å². The first kappa shape index (κ1) is 13.3. The average molecular weight is 265 g/mol. The summed E-state index contributed by atoms with van der Waals surface area (Å²) in [5, 5.41) is 9.11. The van der Waals surface area contributed by atoms with Crippen LogP contribution in [0.25, 0.3) is 0 Å². The van der Waals surface area contributed by atoms with E-state index >= 15 is 0 Å². The molecule has 6 heteroatoms. The summed E-state index contributed by atoms with van der Waals surface area (Å²) in [6.07, 6.45) is 0. The van der Waals surface area contributed by atoms with Crippen LogP contribution in [0.3, 0.4) is 0 Å². The molecule has 0 spiro atoms. The highest BCUT2D eigenvalue weighted by Gasteiger charge is 2.09. The van der Waals surface area contributed by atoms with Crippen LogP contribution >= 0.6 is 11.6 Å². The second-order valence-electron chi connectivity index (χ2n) is 3.18. The minimum atomic E-state index is -3.21. The smallest absolute Gasteiger partial charge is 0.155 e. The van der Waals surface area contributed by atoms with Gasteiger partial charge in [0.25, 0.3) is 0 Å². The maximum atomic E-state index is 11.2. The quantitative estimate of drug-likeness (QED) is 0.837. The Labute approximate surface area is 99.7 Å². The highest BCUT2D eigenvalue weighted by Crippen LogP contribution is 2.15. The van der Waals surface area contributed by atoms with E-state index in [4.69, 9.17) is 21.4 Å². The van der Waals surface area contributed by atoms with Crippen LogP contribution in [-0.4, -0.2) is 38.2 Å². The SMILES string of the molecule is O=S(=O)(CCO)CCOc1ccc(Cl)cc1. The van der Waals surface area contributed by atoms with Gasteiger partial charge in [0, 0.05) is 5.02 Å². The van der Waals surface area contributed by atoms with Crippen molar-refractivity contribution in [3.05, 3.63) is 29.3 Å². The van der Waals surface area contributed by atoms with Gasteiger partial charge in [-0.3, -0.25) is 0 Å². The van der Waals surface area contributed by atoms with Gasteiger partial charge >= 0.3 is 0 Å². The maximum absolute atomic E-state index is 11.2. The minimum absolute atomic E-state index is 0.0734. The Bertz CT molecular complexity index is 413. The van der Waals surface area contributed by atoms with Crippen molar-refractivity contribution in [1.29, 1.82) is 0 Å². The van der Waals surface area contributed by atoms with Crippen LogP contribution in [0.1, 0.15) is 0 Å². The topological polar surface area (TPSA) is 63.6 Å². The molecule has 0 aliphatic carbocycles. The van der Waals surface area contributed by atoms with E-state index in [9.17, 15) is 8.42 Å². The van der Waals surface area contributed by atoms with Crippen LogP contribution in [-0.2, 0) is 9.84 Å². The van der Waals surface area contributed by atoms with Crippen LogP contribution in [0, 0.1) is 0 Å². The van der Waals surface area contributed by atoms with Gasteiger partial charge in [-0.15, -0.1) is 0 Å². The van der Waals surface area contributed by atoms with Crippen molar-refractivity contribution < 1.29 is 18.3 Å². The molecule has 0 heterocycles. The normalized spacial score (nSPS) is 11.4. The number of sulfone groups is 1. The van der Waals surface area contributed by atoms with E-state index in [1.807, 2.05) is 0 Å². The number of aliphatic hydroxyl groups is 1. The zero-order chi connectivity index (χ0) is 12.0. The first-order chi connectivity index (χ1) is 7.53. The van der Waals surface area contributed by atoms with E-state index in [2.05, 4.69) is 0 Å². The molecule has 0 radical (unpaired) electrons. The van der Waals surface area contributed by atoms with Crippen molar-refractivity contribution in [2.24, 2.45) is 0 Å². The first-order valence-electron chi connectivity index (χ1n) is 4.73. The number of ether oxygens (including phenoxy) is 1. The maximum Gasteiger partial charge on any atom is 0.155 e. The Morgan fingerprint density at radius 1 is 1.19 bits per heavy atom. The van der Waals surface area contributed by atoms with Crippen LogP contribution in [0.15, 0.2) is 24.3 Å². The van der Waals surface area contributed by atoms with Crippen LogP contribution in [0.5, 0.6) is 5.75 Å². The van der Waals surface area contributed by atoms with E-state index in [1.54, 1.807) is 24.3 Å². The van der Waals surface area contributed by atoms with E-state index in [-0.39, 0.29) is 24.7 Å². The molecule has 1 aromatic rings. The van der Waals surface area contributed by atoms with E-state index in [0.717, 1.165) is 0 Å². The summed E-state index contributed by atoms with van der Waals surface area (Å²) >= 11 is 5.68. The summed E-state index contributed by atoms with van der Waals surface area (Å²) in [7, 11) is -3.21. The zero-order valence-corrected chi connectivity index (χ0v) is 10.2. The molecule has 0 atom stereocenters. The zero-order valence-electron chi connectivity index (χ0n) is 8.60. The highest BCUT2D eigenvalue weighted by atomic mass is 35.5. The third-order valence-corrected chi connectivity index (χ3v) is 3.72. The lowest BCUT2D eigenvalue weighted by atomic mass is 10.3. The molecule has 0 aliphatic rings. The van der Waals surface area contributed by atoms with Gasteiger partial charge in [-0.2, -0.15) is 0 Å². The summed E-state index contributed by atoms with van der Waals surface area (Å²) < 4.78 is 27.7. The van der Waals surface area contributed by atoms with Crippen molar-refractivity contribution in [2.75, 3.05) is 24.7 Å². The third kappa shape index (κ3) is 4.83. The van der Waals surface area contributed by atoms with E-state index in [0.29, 0.717) is 10.8 Å². The number of aliphatic hydroxyl groups excluding tert-OH is 1. The molecule has 0 aliphatic heterocycles. The summed E-state index contributed by atoms with van der Waals surface area (Å²) in [6.45, 7) is -0.284. The minimum Gasteiger partial charge on any atom is -0.493 e. The second kappa shape index (κ2) is 6.08. The van der Waals surface area contributed by atoms with Gasteiger partial charge < -0.3 is 9.84 Å². The van der Waals surface area contributed by atoms with E-state index in [1.165, 1.54) is 0 Å². The molecule has 90 valence electrons. The lowest BCUT2D eigenvalue weighted by molar-refractivity contribution is 0.317. The van der Waals surface area contributed by atoms with Gasteiger partial charge in [-0.25, -0.2) is 8.42 Å². The predicted molar refractivity (Wildman–Crippen MR) is 62.7 cm³/mol. The molecule has 1 N–H and O–H groups in total. The highest BCUT2D eigenvalue weighted by molar-refractivity contribution is 7.91. The molecule has 0 fully saturated rings. The van der Waals surface area contributed by atoms with Crippen molar-refractivity contribution >= 4 is 21.4 Å². The molecular formula is C10H13ClO4S. The molecule has 0 saturated heterocycles. The number of benzene rings is 1. The van der Waals surface area contributed by atoms with Gasteiger partial charge in [0.05, 0.1) is 18.1 Å². The predicted octanol–water partition coefficient (Wildman–Crippen LogP) is 1.13. The number of rotatable bonds is 6. The van der Waals surface area contributed by atoms with Crippen LogP contribution < -0.4 is 4.74 Å². The average Bonchev–Trinajstić information content (AvgIpc) is 2.20. The molecule has 0 unspecified atom stereocenters. The molecular weight excluding hydrogens is 252 g/mol. The molecule has 0 amide bonds. The fourth-order valence-corrected chi connectivity index (χ4v) is 2.00. The molecule has 0 saturated carbocycles. The second-order valence-corrected chi connectivity index (χ2v) is 5.92. The lowest BCUT2D eigenvalue weighted by Gasteiger charge is -2.06. The monoisotopic (exact) mass is 264 g/mol. The number of halogens is 1. The Kier molecular flexibility index (Phi) is 5.05. The fourth-order valence-electron chi connectivity index (χ4n) is 1.06. The summed E-state index contributed by atoms with van der Waals surface area (Å²) in [5.41, 5.74) is 0. The summed E-state index contributed by atoms with van der Waals surface area (Å²) in [4.78, 5) is 0. The van der Waals surface area contributed by atoms with Crippen LogP contribution in [0.4, 0.5) is 0 Å². The van der Waals surface area contributed by atoms with E-state index < -0.39 is 9.84 Å². The Hall–Kier alpha value is -0.780. The largest absolute Gasteiger partial charge is 0.493 e. The van der Waals surface area contributed by atoms with Crippen LogP contribution in [0.2, 0.25) is 5.02 Å². The Morgan fingerprint density at radius 3 is 2.38 bits per heavy atom. The van der Waals surface area contributed by atoms with Crippen molar-refractivity contribution in [2.45, 2.75) is 0 Å². The summed E-state index contributed by atoms with van der Waals surface area (Å²) in [6, 6.07) is 6.67. The molecule has 16 heavy (non-hydrogen) atoms. The fraction of sp³-hybridized carbons (Fsp3) is 0.400.